The van der Waals surface area contributed by atoms with E-state index in [1.54, 1.807) is 18.0 Å². The van der Waals surface area contributed by atoms with E-state index in [0.29, 0.717) is 11.7 Å². The highest BCUT2D eigenvalue weighted by Gasteiger charge is 2.25. The second kappa shape index (κ2) is 9.16. The van der Waals surface area contributed by atoms with Gasteiger partial charge in [0.05, 0.1) is 6.26 Å². The fraction of sp³-hybridized carbons (Fsp3) is 0.389. The fourth-order valence-corrected chi connectivity index (χ4v) is 3.64. The van der Waals surface area contributed by atoms with Crippen LogP contribution in [0.15, 0.2) is 52.0 Å². The number of hydrogen-bond donors (Lipinski definition) is 2. The van der Waals surface area contributed by atoms with Gasteiger partial charge in [0.1, 0.15) is 0 Å². The lowest BCUT2D eigenvalue weighted by molar-refractivity contribution is 0.0886. The Kier molecular flexibility index (Phi) is 7.21. The van der Waals surface area contributed by atoms with Crippen molar-refractivity contribution < 1.29 is 9.21 Å². The number of rotatable bonds is 5. The molecule has 4 nitrogen and oxygen atoms in total. The maximum Gasteiger partial charge on any atom is 0.287 e. The van der Waals surface area contributed by atoms with Gasteiger partial charge in [0.25, 0.3) is 5.91 Å². The molecular weight excluding hydrogens is 344 g/mol. The minimum atomic E-state index is -0.112. The third-order valence-electron chi connectivity index (χ3n) is 4.23. The number of halogens is 1. The fourth-order valence-electron chi connectivity index (χ4n) is 2.74. The number of furan rings is 1. The van der Waals surface area contributed by atoms with Crippen molar-refractivity contribution in [2.75, 3.05) is 13.1 Å². The maximum absolute atomic E-state index is 12.5. The maximum atomic E-state index is 12.5. The summed E-state index contributed by atoms with van der Waals surface area (Å²) in [5.41, 5.74) is 0.938. The van der Waals surface area contributed by atoms with E-state index in [1.165, 1.54) is 4.90 Å². The van der Waals surface area contributed by atoms with Crippen molar-refractivity contribution in [3.8, 4) is 0 Å². The quantitative estimate of drug-likeness (QED) is 0.792. The molecule has 24 heavy (non-hydrogen) atoms. The van der Waals surface area contributed by atoms with E-state index in [-0.39, 0.29) is 24.4 Å². The number of piperidine rings is 1. The SMILES string of the molecule is CC1CCNCC1NC(=O)c1occc1CSc1ccccc1.Cl. The van der Waals surface area contributed by atoms with Crippen LogP contribution in [0, 0.1) is 5.92 Å². The molecule has 130 valence electrons. The standard InChI is InChI=1S/C18H22N2O2S.ClH/c1-13-7-9-19-11-16(13)20-18(21)17-14(8-10-22-17)12-23-15-5-3-2-4-6-15;/h2-6,8,10,13,16,19H,7,9,11-12H2,1H3,(H,20,21);1H. The molecular formula is C18H23ClN2O2S. The highest BCUT2D eigenvalue weighted by Crippen LogP contribution is 2.25. The van der Waals surface area contributed by atoms with E-state index in [2.05, 4.69) is 29.7 Å². The summed E-state index contributed by atoms with van der Waals surface area (Å²) in [6, 6.07) is 12.2. The zero-order valence-electron chi connectivity index (χ0n) is 13.7. The summed E-state index contributed by atoms with van der Waals surface area (Å²) in [4.78, 5) is 13.7. The lowest BCUT2D eigenvalue weighted by Gasteiger charge is -2.30. The number of carbonyl (C=O) groups excluding carboxylic acids is 1. The first-order valence-electron chi connectivity index (χ1n) is 8.00. The number of carbonyl (C=O) groups is 1. The topological polar surface area (TPSA) is 54.3 Å². The minimum Gasteiger partial charge on any atom is -0.459 e. The molecule has 1 aliphatic rings. The van der Waals surface area contributed by atoms with Crippen molar-refractivity contribution in [3.05, 3.63) is 54.0 Å². The van der Waals surface area contributed by atoms with Gasteiger partial charge in [-0.05, 0) is 37.1 Å². The molecule has 0 saturated carbocycles. The Morgan fingerprint density at radius 3 is 2.88 bits per heavy atom. The predicted molar refractivity (Wildman–Crippen MR) is 99.9 cm³/mol. The van der Waals surface area contributed by atoms with Crippen LogP contribution in [0.1, 0.15) is 29.5 Å². The van der Waals surface area contributed by atoms with Gasteiger partial charge in [-0.1, -0.05) is 25.1 Å². The molecule has 1 aromatic heterocycles. The Morgan fingerprint density at radius 1 is 1.33 bits per heavy atom. The van der Waals surface area contributed by atoms with E-state index in [0.717, 1.165) is 30.8 Å². The van der Waals surface area contributed by atoms with Gasteiger partial charge in [0, 0.05) is 28.8 Å². The van der Waals surface area contributed by atoms with Crippen LogP contribution < -0.4 is 10.6 Å². The van der Waals surface area contributed by atoms with Crippen molar-refractivity contribution in [2.45, 2.75) is 30.0 Å². The van der Waals surface area contributed by atoms with Gasteiger partial charge in [0.15, 0.2) is 5.76 Å². The summed E-state index contributed by atoms with van der Waals surface area (Å²) in [6.45, 7) is 4.02. The molecule has 1 fully saturated rings. The van der Waals surface area contributed by atoms with Crippen molar-refractivity contribution in [2.24, 2.45) is 5.92 Å². The first-order chi connectivity index (χ1) is 11.2. The summed E-state index contributed by atoms with van der Waals surface area (Å²) >= 11 is 1.70. The molecule has 2 N–H and O–H groups in total. The summed E-state index contributed by atoms with van der Waals surface area (Å²) < 4.78 is 5.45. The van der Waals surface area contributed by atoms with Crippen molar-refractivity contribution >= 4 is 30.1 Å². The summed E-state index contributed by atoms with van der Waals surface area (Å²) in [5, 5.41) is 6.43. The van der Waals surface area contributed by atoms with Crippen molar-refractivity contribution in [3.63, 3.8) is 0 Å². The van der Waals surface area contributed by atoms with E-state index >= 15 is 0 Å². The van der Waals surface area contributed by atoms with Gasteiger partial charge in [-0.15, -0.1) is 24.2 Å². The Balaban J connectivity index is 0.00000208. The number of hydrogen-bond acceptors (Lipinski definition) is 4. The van der Waals surface area contributed by atoms with Crippen LogP contribution in [-0.4, -0.2) is 25.0 Å². The molecule has 2 unspecified atom stereocenters. The van der Waals surface area contributed by atoms with E-state index < -0.39 is 0 Å². The summed E-state index contributed by atoms with van der Waals surface area (Å²) in [7, 11) is 0. The molecule has 1 amide bonds. The zero-order chi connectivity index (χ0) is 16.1. The molecule has 2 atom stereocenters. The van der Waals surface area contributed by atoms with Gasteiger partial charge in [-0.3, -0.25) is 4.79 Å². The van der Waals surface area contributed by atoms with Gasteiger partial charge in [-0.2, -0.15) is 0 Å². The third-order valence-corrected chi connectivity index (χ3v) is 5.30. The van der Waals surface area contributed by atoms with Gasteiger partial charge >= 0.3 is 0 Å². The third kappa shape index (κ3) is 4.79. The first kappa shape index (κ1) is 18.9. The lowest BCUT2D eigenvalue weighted by Crippen LogP contribution is -2.50. The number of amides is 1. The lowest BCUT2D eigenvalue weighted by atomic mass is 9.95. The van der Waals surface area contributed by atoms with Crippen LogP contribution >= 0.6 is 24.2 Å². The Labute approximate surface area is 153 Å². The van der Waals surface area contributed by atoms with E-state index in [1.807, 2.05) is 24.3 Å². The van der Waals surface area contributed by atoms with Crippen LogP contribution in [0.2, 0.25) is 0 Å². The van der Waals surface area contributed by atoms with Crippen LogP contribution in [-0.2, 0) is 5.75 Å². The molecule has 0 radical (unpaired) electrons. The molecule has 0 bridgehead atoms. The molecule has 1 saturated heterocycles. The van der Waals surface area contributed by atoms with Gasteiger partial charge in [0.2, 0.25) is 0 Å². The molecule has 1 aromatic carbocycles. The Hall–Kier alpha value is -1.43. The molecule has 1 aliphatic heterocycles. The summed E-state index contributed by atoms with van der Waals surface area (Å²) in [5.74, 6) is 1.53. The Morgan fingerprint density at radius 2 is 2.12 bits per heavy atom. The Bertz CT molecular complexity index is 647. The second-order valence-corrected chi connectivity index (χ2v) is 6.98. The van der Waals surface area contributed by atoms with E-state index in [9.17, 15) is 4.79 Å². The van der Waals surface area contributed by atoms with Crippen molar-refractivity contribution in [1.82, 2.24) is 10.6 Å². The van der Waals surface area contributed by atoms with Crippen LogP contribution in [0.3, 0.4) is 0 Å². The highest BCUT2D eigenvalue weighted by molar-refractivity contribution is 7.98. The largest absolute Gasteiger partial charge is 0.459 e. The molecule has 6 heteroatoms. The van der Waals surface area contributed by atoms with E-state index in [4.69, 9.17) is 4.42 Å². The average Bonchev–Trinajstić information content (AvgIpc) is 3.05. The predicted octanol–water partition coefficient (Wildman–Crippen LogP) is 3.72. The molecule has 0 aliphatic carbocycles. The van der Waals surface area contributed by atoms with Gasteiger partial charge < -0.3 is 15.1 Å². The summed E-state index contributed by atoms with van der Waals surface area (Å²) in [6.07, 6.45) is 2.68. The highest BCUT2D eigenvalue weighted by atomic mass is 35.5. The molecule has 2 heterocycles. The average molecular weight is 367 g/mol. The van der Waals surface area contributed by atoms with Crippen LogP contribution in [0.4, 0.5) is 0 Å². The normalized spacial score (nSPS) is 20.2. The molecule has 2 aromatic rings. The van der Waals surface area contributed by atoms with Crippen LogP contribution in [0.25, 0.3) is 0 Å². The number of nitrogens with one attached hydrogen (secondary N) is 2. The minimum absolute atomic E-state index is 0. The number of thioether (sulfide) groups is 1. The smallest absolute Gasteiger partial charge is 0.287 e. The molecule has 3 rings (SSSR count). The van der Waals surface area contributed by atoms with Crippen molar-refractivity contribution in [1.29, 1.82) is 0 Å². The van der Waals surface area contributed by atoms with Crippen LogP contribution in [0.5, 0.6) is 0 Å². The monoisotopic (exact) mass is 366 g/mol. The zero-order valence-corrected chi connectivity index (χ0v) is 15.3. The first-order valence-corrected chi connectivity index (χ1v) is 8.98. The molecule has 0 spiro atoms. The van der Waals surface area contributed by atoms with Gasteiger partial charge in [-0.25, -0.2) is 0 Å². The number of benzene rings is 1. The second-order valence-electron chi connectivity index (χ2n) is 5.93.